The molecule has 0 saturated carbocycles. The van der Waals surface area contributed by atoms with Crippen molar-refractivity contribution in [1.29, 1.82) is 0 Å². The number of rotatable bonds is 5. The van der Waals surface area contributed by atoms with Crippen molar-refractivity contribution >= 4 is 0 Å². The second-order valence-corrected chi connectivity index (χ2v) is 4.32. The van der Waals surface area contributed by atoms with E-state index >= 15 is 0 Å². The molecule has 0 saturated heterocycles. The molecule has 0 fully saturated rings. The maximum absolute atomic E-state index is 13.2. The molecule has 96 valence electrons. The van der Waals surface area contributed by atoms with Crippen LogP contribution in [0.4, 0.5) is 4.39 Å². The SMILES string of the molecule is CCNCc1nccn1Cc1cc(F)ccc1C. The summed E-state index contributed by atoms with van der Waals surface area (Å²) in [5.74, 6) is 0.782. The summed E-state index contributed by atoms with van der Waals surface area (Å²) in [5.41, 5.74) is 2.09. The molecule has 0 radical (unpaired) electrons. The number of imidazole rings is 1. The molecule has 0 aliphatic rings. The molecule has 3 nitrogen and oxygen atoms in total. The molecule has 0 aliphatic heterocycles. The Bertz CT molecular complexity index is 520. The summed E-state index contributed by atoms with van der Waals surface area (Å²) in [5, 5.41) is 3.25. The topological polar surface area (TPSA) is 29.9 Å². The molecule has 1 aromatic carbocycles. The van der Waals surface area contributed by atoms with Gasteiger partial charge in [-0.3, -0.25) is 0 Å². The van der Waals surface area contributed by atoms with Crippen LogP contribution in [0, 0.1) is 12.7 Å². The molecule has 0 aliphatic carbocycles. The first-order chi connectivity index (χ1) is 8.70. The lowest BCUT2D eigenvalue weighted by Gasteiger charge is -2.10. The van der Waals surface area contributed by atoms with E-state index in [2.05, 4.69) is 17.2 Å². The second kappa shape index (κ2) is 5.78. The summed E-state index contributed by atoms with van der Waals surface area (Å²) < 4.78 is 15.3. The van der Waals surface area contributed by atoms with Crippen LogP contribution in [0.2, 0.25) is 0 Å². The minimum Gasteiger partial charge on any atom is -0.329 e. The lowest BCUT2D eigenvalue weighted by atomic mass is 10.1. The van der Waals surface area contributed by atoms with Crippen LogP contribution in [0.1, 0.15) is 23.9 Å². The maximum Gasteiger partial charge on any atom is 0.123 e. The van der Waals surface area contributed by atoms with Crippen LogP contribution in [0.5, 0.6) is 0 Å². The van der Waals surface area contributed by atoms with Crippen LogP contribution < -0.4 is 5.32 Å². The fourth-order valence-electron chi connectivity index (χ4n) is 1.88. The highest BCUT2D eigenvalue weighted by Crippen LogP contribution is 2.13. The molecular weight excluding hydrogens is 229 g/mol. The first-order valence-corrected chi connectivity index (χ1v) is 6.16. The molecule has 1 aromatic heterocycles. The zero-order valence-electron chi connectivity index (χ0n) is 10.8. The van der Waals surface area contributed by atoms with E-state index in [0.717, 1.165) is 30.0 Å². The van der Waals surface area contributed by atoms with Crippen LogP contribution in [0.25, 0.3) is 0 Å². The van der Waals surface area contributed by atoms with E-state index in [-0.39, 0.29) is 5.82 Å². The first-order valence-electron chi connectivity index (χ1n) is 6.16. The summed E-state index contributed by atoms with van der Waals surface area (Å²) in [6.45, 7) is 6.35. The van der Waals surface area contributed by atoms with E-state index in [1.54, 1.807) is 12.3 Å². The zero-order chi connectivity index (χ0) is 13.0. The van der Waals surface area contributed by atoms with Gasteiger partial charge in [0.2, 0.25) is 0 Å². The molecule has 0 atom stereocenters. The van der Waals surface area contributed by atoms with Crippen LogP contribution in [-0.4, -0.2) is 16.1 Å². The molecule has 2 aromatic rings. The van der Waals surface area contributed by atoms with Gasteiger partial charge in [0.1, 0.15) is 11.6 Å². The predicted molar refractivity (Wildman–Crippen MR) is 69.8 cm³/mol. The van der Waals surface area contributed by atoms with Crippen molar-refractivity contribution in [1.82, 2.24) is 14.9 Å². The average Bonchev–Trinajstić information content (AvgIpc) is 2.79. The van der Waals surface area contributed by atoms with Gasteiger partial charge in [-0.2, -0.15) is 0 Å². The second-order valence-electron chi connectivity index (χ2n) is 4.32. The highest BCUT2D eigenvalue weighted by atomic mass is 19.1. The standard InChI is InChI=1S/C14H18FN3/c1-3-16-9-14-17-6-7-18(14)10-12-8-13(15)5-4-11(12)2/h4-8,16H,3,9-10H2,1-2H3. The predicted octanol–water partition coefficient (Wildman–Crippen LogP) is 2.49. The molecule has 0 unspecified atom stereocenters. The Hall–Kier alpha value is -1.68. The van der Waals surface area contributed by atoms with Crippen LogP contribution in [-0.2, 0) is 13.1 Å². The van der Waals surface area contributed by atoms with Crippen molar-refractivity contribution in [3.8, 4) is 0 Å². The van der Waals surface area contributed by atoms with E-state index in [1.807, 2.05) is 23.8 Å². The molecule has 1 heterocycles. The molecular formula is C14H18FN3. The third-order valence-electron chi connectivity index (χ3n) is 2.99. The summed E-state index contributed by atoms with van der Waals surface area (Å²) in [4.78, 5) is 4.31. The molecule has 1 N–H and O–H groups in total. The van der Waals surface area contributed by atoms with E-state index in [0.29, 0.717) is 6.54 Å². The number of hydrogen-bond acceptors (Lipinski definition) is 2. The van der Waals surface area contributed by atoms with Crippen LogP contribution in [0.15, 0.2) is 30.6 Å². The maximum atomic E-state index is 13.2. The minimum absolute atomic E-state index is 0.191. The van der Waals surface area contributed by atoms with Crippen LogP contribution >= 0.6 is 0 Å². The number of hydrogen-bond donors (Lipinski definition) is 1. The smallest absolute Gasteiger partial charge is 0.123 e. The van der Waals surface area contributed by atoms with Gasteiger partial charge in [0, 0.05) is 18.9 Å². The summed E-state index contributed by atoms with van der Waals surface area (Å²) >= 11 is 0. The first kappa shape index (κ1) is 12.8. The Morgan fingerprint density at radius 1 is 1.39 bits per heavy atom. The summed E-state index contributed by atoms with van der Waals surface area (Å²) in [6.07, 6.45) is 3.71. The van der Waals surface area contributed by atoms with Gasteiger partial charge in [-0.1, -0.05) is 13.0 Å². The van der Waals surface area contributed by atoms with Crippen molar-refractivity contribution in [2.45, 2.75) is 26.9 Å². The van der Waals surface area contributed by atoms with Crippen molar-refractivity contribution < 1.29 is 4.39 Å². The third kappa shape index (κ3) is 2.96. The Labute approximate surface area is 107 Å². The number of benzene rings is 1. The van der Waals surface area contributed by atoms with Crippen LogP contribution in [0.3, 0.4) is 0 Å². The van der Waals surface area contributed by atoms with E-state index < -0.39 is 0 Å². The highest BCUT2D eigenvalue weighted by Gasteiger charge is 2.05. The lowest BCUT2D eigenvalue weighted by Crippen LogP contribution is -2.16. The van der Waals surface area contributed by atoms with Gasteiger partial charge in [-0.05, 0) is 36.7 Å². The summed E-state index contributed by atoms with van der Waals surface area (Å²) in [7, 11) is 0. The highest BCUT2D eigenvalue weighted by molar-refractivity contribution is 5.27. The van der Waals surface area contributed by atoms with E-state index in [4.69, 9.17) is 0 Å². The molecule has 18 heavy (non-hydrogen) atoms. The molecule has 2 rings (SSSR count). The molecule has 0 spiro atoms. The Balaban J connectivity index is 2.18. The van der Waals surface area contributed by atoms with Gasteiger partial charge in [-0.15, -0.1) is 0 Å². The summed E-state index contributed by atoms with van der Waals surface area (Å²) in [6, 6.07) is 4.89. The minimum atomic E-state index is -0.191. The Morgan fingerprint density at radius 3 is 3.00 bits per heavy atom. The normalized spacial score (nSPS) is 10.8. The van der Waals surface area contributed by atoms with E-state index in [9.17, 15) is 4.39 Å². The fraction of sp³-hybridized carbons (Fsp3) is 0.357. The molecule has 0 amide bonds. The molecule has 4 heteroatoms. The fourth-order valence-corrected chi connectivity index (χ4v) is 1.88. The van der Waals surface area contributed by atoms with Gasteiger partial charge in [0.05, 0.1) is 6.54 Å². The number of aryl methyl sites for hydroxylation is 1. The average molecular weight is 247 g/mol. The van der Waals surface area contributed by atoms with E-state index in [1.165, 1.54) is 6.07 Å². The number of nitrogens with zero attached hydrogens (tertiary/aromatic N) is 2. The number of aromatic nitrogens is 2. The monoisotopic (exact) mass is 247 g/mol. The molecule has 0 bridgehead atoms. The van der Waals surface area contributed by atoms with Gasteiger partial charge in [-0.25, -0.2) is 9.37 Å². The lowest BCUT2D eigenvalue weighted by molar-refractivity contribution is 0.615. The van der Waals surface area contributed by atoms with Crippen molar-refractivity contribution in [2.75, 3.05) is 6.54 Å². The Kier molecular flexibility index (Phi) is 4.10. The quantitative estimate of drug-likeness (QED) is 0.879. The Morgan fingerprint density at radius 2 is 2.22 bits per heavy atom. The van der Waals surface area contributed by atoms with Gasteiger partial charge < -0.3 is 9.88 Å². The van der Waals surface area contributed by atoms with Crippen molar-refractivity contribution in [3.63, 3.8) is 0 Å². The third-order valence-corrected chi connectivity index (χ3v) is 2.99. The van der Waals surface area contributed by atoms with Gasteiger partial charge in [0.15, 0.2) is 0 Å². The van der Waals surface area contributed by atoms with Crippen molar-refractivity contribution in [3.05, 3.63) is 53.4 Å². The van der Waals surface area contributed by atoms with Gasteiger partial charge in [0.25, 0.3) is 0 Å². The number of nitrogens with one attached hydrogen (secondary N) is 1. The zero-order valence-corrected chi connectivity index (χ0v) is 10.8. The largest absolute Gasteiger partial charge is 0.329 e. The van der Waals surface area contributed by atoms with Crippen molar-refractivity contribution in [2.24, 2.45) is 0 Å². The van der Waals surface area contributed by atoms with Gasteiger partial charge >= 0.3 is 0 Å². The number of halogens is 1.